The van der Waals surface area contributed by atoms with Gasteiger partial charge in [-0.05, 0) is 30.2 Å². The van der Waals surface area contributed by atoms with E-state index in [0.29, 0.717) is 40.5 Å². The van der Waals surface area contributed by atoms with Gasteiger partial charge < -0.3 is 11.1 Å². The molecule has 1 atom stereocenters. The van der Waals surface area contributed by atoms with Crippen molar-refractivity contribution in [3.8, 4) is 11.3 Å². The van der Waals surface area contributed by atoms with Crippen molar-refractivity contribution in [2.75, 3.05) is 11.1 Å². The molecule has 28 heavy (non-hydrogen) atoms. The number of anilines is 2. The summed E-state index contributed by atoms with van der Waals surface area (Å²) in [7, 11) is 0. The van der Waals surface area contributed by atoms with Crippen molar-refractivity contribution in [2.45, 2.75) is 19.4 Å². The third-order valence-corrected chi connectivity index (χ3v) is 4.42. The highest BCUT2D eigenvalue weighted by atomic mass is 19.2. The fraction of sp³-hybridized carbons (Fsp3) is 0.158. The van der Waals surface area contributed by atoms with Crippen molar-refractivity contribution in [3.05, 3.63) is 66.3 Å². The number of nitrogens with two attached hydrogens (primary N) is 1. The number of nitrogens with one attached hydrogen (secondary N) is 1. The maximum atomic E-state index is 13.6. The molecule has 0 spiro atoms. The second kappa shape index (κ2) is 7.18. The Morgan fingerprint density at radius 1 is 1.18 bits per heavy atom. The Balaban J connectivity index is 0.00000160. The molecule has 1 aromatic carbocycles. The van der Waals surface area contributed by atoms with Crippen molar-refractivity contribution < 1.29 is 13.1 Å². The van der Waals surface area contributed by atoms with Crippen LogP contribution in [0.3, 0.4) is 0 Å². The summed E-state index contributed by atoms with van der Waals surface area (Å²) in [4.78, 5) is 12.8. The van der Waals surface area contributed by atoms with E-state index in [-0.39, 0.29) is 10.3 Å². The fourth-order valence-electron chi connectivity index (χ4n) is 3.05. The average Bonchev–Trinajstić information content (AvgIpc) is 3.04. The summed E-state index contributed by atoms with van der Waals surface area (Å²) in [5, 5.41) is 7.47. The number of nitrogen functional groups attached to an aromatic ring is 1. The molecule has 4 aromatic rings. The molecule has 7 nitrogen and oxygen atoms in total. The second-order valence-corrected chi connectivity index (χ2v) is 6.22. The Morgan fingerprint density at radius 2 is 2.04 bits per heavy atom. The van der Waals surface area contributed by atoms with Crippen LogP contribution in [0.1, 0.15) is 29.2 Å². The zero-order valence-corrected chi connectivity index (χ0v) is 15.0. The van der Waals surface area contributed by atoms with Gasteiger partial charge in [0.2, 0.25) is 0 Å². The van der Waals surface area contributed by atoms with Crippen LogP contribution in [0.5, 0.6) is 0 Å². The van der Waals surface area contributed by atoms with E-state index in [1.54, 1.807) is 35.1 Å². The van der Waals surface area contributed by atoms with E-state index in [1.165, 1.54) is 12.4 Å². The molecule has 0 saturated carbocycles. The number of fused-ring (bicyclic) bond motifs is 1. The normalized spacial score (nSPS) is 12.2. The molecule has 0 aliphatic heterocycles. The van der Waals surface area contributed by atoms with Crippen LogP contribution in [-0.2, 0) is 0 Å². The molecule has 3 heterocycles. The van der Waals surface area contributed by atoms with Crippen LogP contribution >= 0.6 is 0 Å². The summed E-state index contributed by atoms with van der Waals surface area (Å²) in [5.74, 6) is -0.933. The van der Waals surface area contributed by atoms with Crippen molar-refractivity contribution in [2.24, 2.45) is 0 Å². The lowest BCUT2D eigenvalue weighted by molar-refractivity contribution is 0.505. The highest BCUT2D eigenvalue weighted by molar-refractivity contribution is 5.84. The van der Waals surface area contributed by atoms with Gasteiger partial charge in [-0.15, -0.1) is 5.10 Å². The summed E-state index contributed by atoms with van der Waals surface area (Å²) < 4.78 is 28.4. The first-order chi connectivity index (χ1) is 13.6. The predicted molar refractivity (Wildman–Crippen MR) is 108 cm³/mol. The molecule has 3 aromatic heterocycles. The Morgan fingerprint density at radius 3 is 2.82 bits per heavy atom. The van der Waals surface area contributed by atoms with Crippen molar-refractivity contribution in [1.29, 1.82) is 0 Å². The number of aromatic nitrogens is 5. The number of halogens is 2. The highest BCUT2D eigenvalue weighted by Gasteiger charge is 2.17. The largest absolute Gasteiger partial charge is 0.382 e. The predicted octanol–water partition coefficient (Wildman–Crippen LogP) is 4.35. The third kappa shape index (κ3) is 3.22. The molecule has 148 valence electrons. The van der Waals surface area contributed by atoms with E-state index in [0.717, 1.165) is 6.07 Å². The van der Waals surface area contributed by atoms with Crippen LogP contribution in [-0.4, -0.2) is 24.6 Å². The van der Waals surface area contributed by atoms with Gasteiger partial charge in [0.25, 0.3) is 0 Å². The number of hydrogen-bond donors (Lipinski definition) is 2. The SMILES string of the molecule is CC[C@H](Nc1cc(-c2c(N)nn3cccnc23)ncn1)c1ccc(F)c(F)c1.[HH].[HH].[HH]. The summed E-state index contributed by atoms with van der Waals surface area (Å²) in [5.41, 5.74) is 8.42. The van der Waals surface area contributed by atoms with Crippen LogP contribution in [0.25, 0.3) is 16.9 Å². The Labute approximate surface area is 163 Å². The van der Waals surface area contributed by atoms with Crippen LogP contribution in [0.2, 0.25) is 0 Å². The summed E-state index contributed by atoms with van der Waals surface area (Å²) in [6.07, 6.45) is 5.45. The first-order valence-electron chi connectivity index (χ1n) is 8.69. The van der Waals surface area contributed by atoms with Crippen molar-refractivity contribution in [1.82, 2.24) is 24.6 Å². The van der Waals surface area contributed by atoms with Gasteiger partial charge in [0.05, 0.1) is 17.3 Å². The molecule has 0 bridgehead atoms. The van der Waals surface area contributed by atoms with Crippen LogP contribution < -0.4 is 11.1 Å². The minimum Gasteiger partial charge on any atom is -0.382 e. The first-order valence-corrected chi connectivity index (χ1v) is 8.69. The molecule has 0 fully saturated rings. The zero-order valence-electron chi connectivity index (χ0n) is 15.0. The molecule has 3 N–H and O–H groups in total. The van der Waals surface area contributed by atoms with E-state index >= 15 is 0 Å². The molecule has 0 aliphatic carbocycles. The van der Waals surface area contributed by atoms with E-state index < -0.39 is 11.6 Å². The quantitative estimate of drug-likeness (QED) is 0.529. The minimum atomic E-state index is -0.883. The monoisotopic (exact) mass is 387 g/mol. The first kappa shape index (κ1) is 17.8. The molecule has 0 saturated heterocycles. The molecule has 0 unspecified atom stereocenters. The number of nitrogens with zero attached hydrogens (tertiary/aromatic N) is 5. The van der Waals surface area contributed by atoms with Gasteiger partial charge in [-0.25, -0.2) is 28.2 Å². The zero-order chi connectivity index (χ0) is 19.7. The van der Waals surface area contributed by atoms with E-state index in [4.69, 9.17) is 5.73 Å². The Bertz CT molecular complexity index is 1160. The second-order valence-electron chi connectivity index (χ2n) is 6.22. The van der Waals surface area contributed by atoms with Crippen molar-refractivity contribution >= 4 is 17.3 Å². The molecule has 0 aliphatic rings. The van der Waals surface area contributed by atoms with E-state index in [1.807, 2.05) is 6.92 Å². The third-order valence-electron chi connectivity index (χ3n) is 4.42. The number of hydrogen-bond acceptors (Lipinski definition) is 6. The molecule has 0 radical (unpaired) electrons. The summed E-state index contributed by atoms with van der Waals surface area (Å²) >= 11 is 0. The molecule has 0 amide bonds. The fourth-order valence-corrected chi connectivity index (χ4v) is 3.05. The molecular formula is C19H23F2N7. The summed E-state index contributed by atoms with van der Waals surface area (Å²) in [6, 6.07) is 7.08. The molecule has 9 heteroatoms. The highest BCUT2D eigenvalue weighted by Crippen LogP contribution is 2.29. The standard InChI is InChI=1S/C19H17F2N7.3H2/c1-2-14(11-4-5-12(20)13(21)8-11)26-16-9-15(24-10-25-16)17-18(22)27-28-7-3-6-23-19(17)28;;;/h3-10,14H,2H2,1H3,(H2,22,27)(H,24,25,26);3*1H/t14-;;;/m0.../s1. The Kier molecular flexibility index (Phi) is 4.56. The smallest absolute Gasteiger partial charge is 0.166 e. The Hall–Kier alpha value is -3.62. The molecule has 4 rings (SSSR count). The van der Waals surface area contributed by atoms with E-state index in [9.17, 15) is 8.78 Å². The van der Waals surface area contributed by atoms with Gasteiger partial charge in [0.1, 0.15) is 12.1 Å². The van der Waals surface area contributed by atoms with Gasteiger partial charge in [-0.3, -0.25) is 0 Å². The number of rotatable bonds is 5. The maximum absolute atomic E-state index is 13.6. The van der Waals surface area contributed by atoms with E-state index in [2.05, 4.69) is 25.4 Å². The van der Waals surface area contributed by atoms with Crippen molar-refractivity contribution in [3.63, 3.8) is 0 Å². The molecular weight excluding hydrogens is 364 g/mol. The summed E-state index contributed by atoms with van der Waals surface area (Å²) in [6.45, 7) is 1.94. The van der Waals surface area contributed by atoms with Gasteiger partial charge in [-0.1, -0.05) is 13.0 Å². The average molecular weight is 387 g/mol. The lowest BCUT2D eigenvalue weighted by Gasteiger charge is -2.18. The van der Waals surface area contributed by atoms with Crippen LogP contribution in [0, 0.1) is 11.6 Å². The lowest BCUT2D eigenvalue weighted by Crippen LogP contribution is -2.11. The van der Waals surface area contributed by atoms with Crippen LogP contribution in [0.4, 0.5) is 20.4 Å². The van der Waals surface area contributed by atoms with Gasteiger partial charge in [0, 0.05) is 22.7 Å². The number of benzene rings is 1. The lowest BCUT2D eigenvalue weighted by atomic mass is 10.0. The van der Waals surface area contributed by atoms with Gasteiger partial charge in [-0.2, -0.15) is 0 Å². The van der Waals surface area contributed by atoms with Gasteiger partial charge in [0.15, 0.2) is 23.1 Å². The van der Waals surface area contributed by atoms with Gasteiger partial charge >= 0.3 is 0 Å². The minimum absolute atomic E-state index is 0. The topological polar surface area (TPSA) is 94.0 Å². The van der Waals surface area contributed by atoms with Crippen LogP contribution in [0.15, 0.2) is 49.1 Å². The maximum Gasteiger partial charge on any atom is 0.166 e.